The highest BCUT2D eigenvalue weighted by molar-refractivity contribution is 9.10. The van der Waals surface area contributed by atoms with Gasteiger partial charge in [0, 0.05) is 17.5 Å². The van der Waals surface area contributed by atoms with Gasteiger partial charge in [-0.15, -0.1) is 0 Å². The molecule has 104 valence electrons. The van der Waals surface area contributed by atoms with Crippen LogP contribution >= 0.6 is 28.1 Å². The summed E-state index contributed by atoms with van der Waals surface area (Å²) in [6, 6.07) is 0. The van der Waals surface area contributed by atoms with Crippen molar-refractivity contribution in [2.24, 2.45) is 5.92 Å². The zero-order valence-electron chi connectivity index (χ0n) is 11.4. The lowest BCUT2D eigenvalue weighted by molar-refractivity contribution is 0.306. The summed E-state index contributed by atoms with van der Waals surface area (Å²) < 4.78 is 1.77. The summed E-state index contributed by atoms with van der Waals surface area (Å²) in [6.45, 7) is 2.31. The van der Waals surface area contributed by atoms with Crippen LogP contribution in [-0.2, 0) is 0 Å². The van der Waals surface area contributed by atoms with Crippen LogP contribution < -0.4 is 0 Å². The largest absolute Gasteiger partial charge is 0.346 e. The Morgan fingerprint density at radius 1 is 1.26 bits per heavy atom. The van der Waals surface area contributed by atoms with Crippen LogP contribution in [0.1, 0.15) is 75.2 Å². The van der Waals surface area contributed by atoms with Crippen LogP contribution in [0.2, 0.25) is 0 Å². The number of nitrogens with zero attached hydrogens (tertiary/aromatic N) is 1. The third-order valence-electron chi connectivity index (χ3n) is 4.64. The van der Waals surface area contributed by atoms with Crippen LogP contribution in [0, 0.1) is 10.6 Å². The monoisotopic (exact) mass is 340 g/mol. The van der Waals surface area contributed by atoms with E-state index in [1.807, 2.05) is 0 Å². The number of H-pyrrole nitrogens is 1. The molecule has 2 atom stereocenters. The van der Waals surface area contributed by atoms with Crippen LogP contribution in [0.5, 0.6) is 0 Å². The highest BCUT2D eigenvalue weighted by atomic mass is 79.9. The van der Waals surface area contributed by atoms with Crippen LogP contribution in [0.15, 0.2) is 4.47 Å². The van der Waals surface area contributed by atoms with Crippen LogP contribution in [0.25, 0.3) is 0 Å². The minimum Gasteiger partial charge on any atom is -0.346 e. The van der Waals surface area contributed by atoms with Crippen molar-refractivity contribution >= 4 is 28.1 Å². The van der Waals surface area contributed by atoms with Crippen LogP contribution in [0.4, 0.5) is 0 Å². The van der Waals surface area contributed by atoms with Crippen molar-refractivity contribution in [2.45, 2.75) is 63.7 Å². The van der Waals surface area contributed by atoms with Crippen molar-refractivity contribution in [3.05, 3.63) is 20.6 Å². The Kier molecular flexibility index (Phi) is 4.08. The standard InChI is InChI=1S/C15H21BrN2S/c1-2-9-4-3-5-11(8-9)14-17-13(10-6-7-10)12(16)15(19)18-14/h9-11H,2-8H2,1H3,(H,17,18,19). The van der Waals surface area contributed by atoms with Crippen molar-refractivity contribution in [3.63, 3.8) is 0 Å². The third-order valence-corrected chi connectivity index (χ3v) is 6.00. The molecular weight excluding hydrogens is 320 g/mol. The van der Waals surface area contributed by atoms with E-state index < -0.39 is 0 Å². The number of hydrogen-bond acceptors (Lipinski definition) is 2. The number of halogens is 1. The Balaban J connectivity index is 1.89. The van der Waals surface area contributed by atoms with E-state index in [4.69, 9.17) is 12.2 Å². The number of aromatic nitrogens is 2. The van der Waals surface area contributed by atoms with Crippen molar-refractivity contribution in [1.29, 1.82) is 0 Å². The molecule has 4 heteroatoms. The first-order valence-electron chi connectivity index (χ1n) is 7.48. The number of hydrogen-bond donors (Lipinski definition) is 1. The smallest absolute Gasteiger partial charge is 0.144 e. The Labute approximate surface area is 128 Å². The number of nitrogens with one attached hydrogen (secondary N) is 1. The zero-order chi connectivity index (χ0) is 13.4. The molecule has 1 N–H and O–H groups in total. The lowest BCUT2D eigenvalue weighted by Gasteiger charge is -2.28. The molecule has 1 heterocycles. The van der Waals surface area contributed by atoms with E-state index in [1.165, 1.54) is 50.6 Å². The van der Waals surface area contributed by atoms with E-state index in [0.717, 1.165) is 20.9 Å². The fraction of sp³-hybridized carbons (Fsp3) is 0.733. The summed E-state index contributed by atoms with van der Waals surface area (Å²) in [6.07, 6.45) is 9.13. The van der Waals surface area contributed by atoms with Crippen molar-refractivity contribution < 1.29 is 0 Å². The number of rotatable bonds is 3. The summed E-state index contributed by atoms with van der Waals surface area (Å²) in [5, 5.41) is 0. The highest BCUT2D eigenvalue weighted by Crippen LogP contribution is 2.43. The second-order valence-corrected chi connectivity index (χ2v) is 7.25. The molecule has 0 aromatic carbocycles. The zero-order valence-corrected chi connectivity index (χ0v) is 13.8. The molecule has 0 bridgehead atoms. The normalized spacial score (nSPS) is 27.5. The lowest BCUT2D eigenvalue weighted by atomic mass is 9.80. The van der Waals surface area contributed by atoms with E-state index in [0.29, 0.717) is 11.8 Å². The molecule has 0 spiro atoms. The minimum atomic E-state index is 0.589. The summed E-state index contributed by atoms with van der Waals surface area (Å²) in [5.41, 5.74) is 1.30. The predicted octanol–water partition coefficient (Wildman–Crippen LogP) is 5.46. The van der Waals surface area contributed by atoms with Gasteiger partial charge in [0.2, 0.25) is 0 Å². The van der Waals surface area contributed by atoms with Gasteiger partial charge in [-0.25, -0.2) is 4.98 Å². The van der Waals surface area contributed by atoms with Gasteiger partial charge in [-0.2, -0.15) is 0 Å². The molecule has 1 aromatic rings. The first-order chi connectivity index (χ1) is 9.19. The molecule has 19 heavy (non-hydrogen) atoms. The second kappa shape index (κ2) is 5.65. The summed E-state index contributed by atoms with van der Waals surface area (Å²) in [7, 11) is 0. The maximum atomic E-state index is 5.42. The molecule has 0 saturated heterocycles. The second-order valence-electron chi connectivity index (χ2n) is 6.07. The molecule has 2 aliphatic rings. The lowest BCUT2D eigenvalue weighted by Crippen LogP contribution is -2.16. The van der Waals surface area contributed by atoms with Gasteiger partial charge in [0.15, 0.2) is 0 Å². The molecule has 2 aliphatic carbocycles. The molecule has 3 rings (SSSR count). The number of aromatic amines is 1. The van der Waals surface area contributed by atoms with Gasteiger partial charge in [0.05, 0.1) is 4.47 Å². The van der Waals surface area contributed by atoms with Crippen molar-refractivity contribution in [2.75, 3.05) is 0 Å². The van der Waals surface area contributed by atoms with Gasteiger partial charge in [0.1, 0.15) is 10.5 Å². The summed E-state index contributed by atoms with van der Waals surface area (Å²) >= 11 is 9.03. The van der Waals surface area contributed by atoms with Crippen LogP contribution in [0.3, 0.4) is 0 Å². The summed E-state index contributed by atoms with van der Waals surface area (Å²) in [4.78, 5) is 8.25. The average Bonchev–Trinajstić information content (AvgIpc) is 3.26. The van der Waals surface area contributed by atoms with E-state index in [1.54, 1.807) is 0 Å². The van der Waals surface area contributed by atoms with Gasteiger partial charge < -0.3 is 4.98 Å². The minimum absolute atomic E-state index is 0.589. The summed E-state index contributed by atoms with van der Waals surface area (Å²) in [5.74, 6) is 3.29. The molecule has 2 fully saturated rings. The van der Waals surface area contributed by atoms with Gasteiger partial charge >= 0.3 is 0 Å². The predicted molar refractivity (Wildman–Crippen MR) is 84.1 cm³/mol. The van der Waals surface area contributed by atoms with Crippen LogP contribution in [-0.4, -0.2) is 9.97 Å². The maximum Gasteiger partial charge on any atom is 0.144 e. The first kappa shape index (κ1) is 13.7. The van der Waals surface area contributed by atoms with E-state index >= 15 is 0 Å². The topological polar surface area (TPSA) is 28.7 Å². The first-order valence-corrected chi connectivity index (χ1v) is 8.68. The molecule has 2 saturated carbocycles. The molecular formula is C15H21BrN2S. The molecule has 1 aromatic heterocycles. The molecule has 0 aliphatic heterocycles. The molecule has 0 amide bonds. The van der Waals surface area contributed by atoms with Gasteiger partial charge in [-0.3, -0.25) is 0 Å². The maximum absolute atomic E-state index is 5.42. The molecule has 2 nitrogen and oxygen atoms in total. The Bertz CT molecular complexity index is 521. The highest BCUT2D eigenvalue weighted by Gasteiger charge is 2.29. The van der Waals surface area contributed by atoms with E-state index in [-0.39, 0.29) is 0 Å². The van der Waals surface area contributed by atoms with Gasteiger partial charge in [0.25, 0.3) is 0 Å². The Morgan fingerprint density at radius 2 is 2.05 bits per heavy atom. The van der Waals surface area contributed by atoms with Gasteiger partial charge in [-0.1, -0.05) is 38.4 Å². The molecule has 0 radical (unpaired) electrons. The van der Waals surface area contributed by atoms with Crippen molar-refractivity contribution in [1.82, 2.24) is 9.97 Å². The fourth-order valence-electron chi connectivity index (χ4n) is 3.25. The quantitative estimate of drug-likeness (QED) is 0.739. The molecule has 2 unspecified atom stereocenters. The van der Waals surface area contributed by atoms with Gasteiger partial charge in [-0.05, 0) is 47.5 Å². The van der Waals surface area contributed by atoms with E-state index in [2.05, 4.69) is 32.8 Å². The SMILES string of the molecule is CCC1CCCC(c2nc(=S)c(Br)c(C3CC3)[nH]2)C1. The Morgan fingerprint density at radius 3 is 2.74 bits per heavy atom. The average molecular weight is 341 g/mol. The Hall–Kier alpha value is -0.220. The fourth-order valence-corrected chi connectivity index (χ4v) is 3.97. The van der Waals surface area contributed by atoms with Crippen molar-refractivity contribution in [3.8, 4) is 0 Å². The third kappa shape index (κ3) is 2.94. The van der Waals surface area contributed by atoms with E-state index in [9.17, 15) is 0 Å².